The molecular formula is C12H23N3O3. The Kier molecular flexibility index (Phi) is 4.94. The summed E-state index contributed by atoms with van der Waals surface area (Å²) in [6.07, 6.45) is 0. The Balaban J connectivity index is 1.83. The Labute approximate surface area is 108 Å². The minimum atomic E-state index is -0.387. The zero-order chi connectivity index (χ0) is 13.0. The van der Waals surface area contributed by atoms with E-state index >= 15 is 0 Å². The number of carbonyl (C=O) groups excluding carboxylic acids is 1. The second-order valence-electron chi connectivity index (χ2n) is 5.06. The Morgan fingerprint density at radius 2 is 2.11 bits per heavy atom. The maximum Gasteiger partial charge on any atom is 0.239 e. The number of morpholine rings is 1. The molecule has 6 heteroatoms. The lowest BCUT2D eigenvalue weighted by atomic mass is 10.1. The SMILES string of the molecule is CC1CN(CCN2CCOCC2)C(CO)C(=O)N1. The number of nitrogens with one attached hydrogen (secondary N) is 1. The Bertz CT molecular complexity index is 282. The first-order valence-electron chi connectivity index (χ1n) is 6.66. The molecule has 0 saturated carbocycles. The maximum absolute atomic E-state index is 11.8. The first kappa shape index (κ1) is 13.7. The Morgan fingerprint density at radius 1 is 1.39 bits per heavy atom. The maximum atomic E-state index is 11.8. The van der Waals surface area contributed by atoms with Gasteiger partial charge in [-0.15, -0.1) is 0 Å². The minimum Gasteiger partial charge on any atom is -0.394 e. The number of amides is 1. The first-order chi connectivity index (χ1) is 8.70. The Morgan fingerprint density at radius 3 is 2.78 bits per heavy atom. The third-order valence-corrected chi connectivity index (χ3v) is 3.62. The fourth-order valence-corrected chi connectivity index (χ4v) is 2.57. The number of rotatable bonds is 4. The highest BCUT2D eigenvalue weighted by Crippen LogP contribution is 2.08. The molecule has 2 aliphatic heterocycles. The van der Waals surface area contributed by atoms with Gasteiger partial charge in [0.05, 0.1) is 19.8 Å². The van der Waals surface area contributed by atoms with E-state index in [1.54, 1.807) is 0 Å². The number of ether oxygens (including phenoxy) is 1. The van der Waals surface area contributed by atoms with Crippen LogP contribution in [0, 0.1) is 0 Å². The van der Waals surface area contributed by atoms with Crippen LogP contribution < -0.4 is 5.32 Å². The lowest BCUT2D eigenvalue weighted by Gasteiger charge is -2.38. The second-order valence-corrected chi connectivity index (χ2v) is 5.06. The topological polar surface area (TPSA) is 65.0 Å². The van der Waals surface area contributed by atoms with E-state index in [1.807, 2.05) is 6.92 Å². The van der Waals surface area contributed by atoms with E-state index in [-0.39, 0.29) is 24.6 Å². The molecule has 2 saturated heterocycles. The minimum absolute atomic E-state index is 0.0572. The molecule has 0 spiro atoms. The summed E-state index contributed by atoms with van der Waals surface area (Å²) in [5.74, 6) is -0.0572. The van der Waals surface area contributed by atoms with Gasteiger partial charge in [0.15, 0.2) is 0 Å². The van der Waals surface area contributed by atoms with Gasteiger partial charge in [-0.25, -0.2) is 0 Å². The molecule has 2 unspecified atom stereocenters. The average molecular weight is 257 g/mol. The van der Waals surface area contributed by atoms with Gasteiger partial charge in [0.1, 0.15) is 6.04 Å². The highest BCUT2D eigenvalue weighted by atomic mass is 16.5. The van der Waals surface area contributed by atoms with Gasteiger partial charge in [-0.1, -0.05) is 0 Å². The summed E-state index contributed by atoms with van der Waals surface area (Å²) in [6, 6.07) is -0.229. The van der Waals surface area contributed by atoms with E-state index in [0.717, 1.165) is 45.9 Å². The zero-order valence-electron chi connectivity index (χ0n) is 11.0. The predicted molar refractivity (Wildman–Crippen MR) is 67.3 cm³/mol. The molecule has 0 aromatic carbocycles. The average Bonchev–Trinajstić information content (AvgIpc) is 2.37. The van der Waals surface area contributed by atoms with Crippen molar-refractivity contribution in [3.05, 3.63) is 0 Å². The summed E-state index contributed by atoms with van der Waals surface area (Å²) in [4.78, 5) is 16.2. The molecule has 2 aliphatic rings. The monoisotopic (exact) mass is 257 g/mol. The molecule has 2 fully saturated rings. The molecule has 2 atom stereocenters. The highest BCUT2D eigenvalue weighted by molar-refractivity contribution is 5.82. The number of nitrogens with zero attached hydrogens (tertiary/aromatic N) is 2. The van der Waals surface area contributed by atoms with Crippen molar-refractivity contribution >= 4 is 5.91 Å². The van der Waals surface area contributed by atoms with Crippen molar-refractivity contribution in [2.45, 2.75) is 19.0 Å². The largest absolute Gasteiger partial charge is 0.394 e. The van der Waals surface area contributed by atoms with Gasteiger partial charge in [-0.3, -0.25) is 14.6 Å². The molecule has 0 bridgehead atoms. The molecule has 1 amide bonds. The van der Waals surface area contributed by atoms with Gasteiger partial charge in [-0.2, -0.15) is 0 Å². The number of carbonyl (C=O) groups is 1. The summed E-state index contributed by atoms with van der Waals surface area (Å²) in [7, 11) is 0. The lowest BCUT2D eigenvalue weighted by molar-refractivity contribution is -0.132. The number of piperazine rings is 1. The molecule has 6 nitrogen and oxygen atoms in total. The smallest absolute Gasteiger partial charge is 0.239 e. The van der Waals surface area contributed by atoms with Gasteiger partial charge in [0, 0.05) is 38.8 Å². The van der Waals surface area contributed by atoms with Gasteiger partial charge in [0.2, 0.25) is 5.91 Å². The number of aliphatic hydroxyl groups is 1. The van der Waals surface area contributed by atoms with Crippen molar-refractivity contribution in [2.75, 3.05) is 52.5 Å². The van der Waals surface area contributed by atoms with Crippen molar-refractivity contribution in [3.8, 4) is 0 Å². The van der Waals surface area contributed by atoms with Crippen LogP contribution in [-0.2, 0) is 9.53 Å². The summed E-state index contributed by atoms with van der Waals surface area (Å²) in [5.41, 5.74) is 0. The van der Waals surface area contributed by atoms with Gasteiger partial charge >= 0.3 is 0 Å². The zero-order valence-corrected chi connectivity index (χ0v) is 11.0. The van der Waals surface area contributed by atoms with Crippen molar-refractivity contribution in [3.63, 3.8) is 0 Å². The molecule has 2 rings (SSSR count). The van der Waals surface area contributed by atoms with Gasteiger partial charge in [0.25, 0.3) is 0 Å². The molecular weight excluding hydrogens is 234 g/mol. The van der Waals surface area contributed by atoms with E-state index in [2.05, 4.69) is 15.1 Å². The van der Waals surface area contributed by atoms with Crippen LogP contribution in [-0.4, -0.2) is 85.4 Å². The van der Waals surface area contributed by atoms with E-state index in [9.17, 15) is 9.90 Å². The highest BCUT2D eigenvalue weighted by Gasteiger charge is 2.32. The fraction of sp³-hybridized carbons (Fsp3) is 0.917. The van der Waals surface area contributed by atoms with Gasteiger partial charge < -0.3 is 15.2 Å². The fourth-order valence-electron chi connectivity index (χ4n) is 2.57. The van der Waals surface area contributed by atoms with Crippen LogP contribution in [0.3, 0.4) is 0 Å². The molecule has 0 aliphatic carbocycles. The standard InChI is InChI=1S/C12H23N3O3/c1-10-8-15(11(9-16)12(17)13-10)3-2-14-4-6-18-7-5-14/h10-11,16H,2-9H2,1H3,(H,13,17). The van der Waals surface area contributed by atoms with Crippen molar-refractivity contribution < 1.29 is 14.6 Å². The van der Waals surface area contributed by atoms with Crippen LogP contribution in [0.4, 0.5) is 0 Å². The number of aliphatic hydroxyl groups excluding tert-OH is 1. The molecule has 0 aromatic heterocycles. The molecule has 2 heterocycles. The molecule has 0 radical (unpaired) electrons. The second kappa shape index (κ2) is 6.47. The van der Waals surface area contributed by atoms with Gasteiger partial charge in [-0.05, 0) is 6.92 Å². The predicted octanol–water partition coefficient (Wildman–Crippen LogP) is -1.50. The van der Waals surface area contributed by atoms with E-state index in [1.165, 1.54) is 0 Å². The number of hydrogen-bond donors (Lipinski definition) is 2. The van der Waals surface area contributed by atoms with Crippen molar-refractivity contribution in [1.29, 1.82) is 0 Å². The molecule has 0 aromatic rings. The van der Waals surface area contributed by atoms with Crippen LogP contribution in [0.5, 0.6) is 0 Å². The third kappa shape index (κ3) is 3.41. The van der Waals surface area contributed by atoms with E-state index in [4.69, 9.17) is 4.74 Å². The van der Waals surface area contributed by atoms with Crippen molar-refractivity contribution in [1.82, 2.24) is 15.1 Å². The van der Waals surface area contributed by atoms with E-state index in [0.29, 0.717) is 0 Å². The summed E-state index contributed by atoms with van der Waals surface area (Å²) in [6.45, 7) is 7.94. The lowest BCUT2D eigenvalue weighted by Crippen LogP contribution is -2.61. The quantitative estimate of drug-likeness (QED) is 0.642. The van der Waals surface area contributed by atoms with Crippen LogP contribution >= 0.6 is 0 Å². The van der Waals surface area contributed by atoms with E-state index < -0.39 is 0 Å². The molecule has 2 N–H and O–H groups in total. The van der Waals surface area contributed by atoms with Crippen LogP contribution in [0.15, 0.2) is 0 Å². The van der Waals surface area contributed by atoms with Crippen LogP contribution in [0.25, 0.3) is 0 Å². The normalized spacial score (nSPS) is 31.3. The summed E-state index contributed by atoms with van der Waals surface area (Å²) >= 11 is 0. The molecule has 104 valence electrons. The third-order valence-electron chi connectivity index (χ3n) is 3.62. The van der Waals surface area contributed by atoms with Crippen molar-refractivity contribution in [2.24, 2.45) is 0 Å². The molecule has 18 heavy (non-hydrogen) atoms. The Hall–Kier alpha value is -0.690. The van der Waals surface area contributed by atoms with Crippen LogP contribution in [0.2, 0.25) is 0 Å². The summed E-state index contributed by atoms with van der Waals surface area (Å²) in [5, 5.41) is 12.2. The first-order valence-corrected chi connectivity index (χ1v) is 6.66. The number of hydrogen-bond acceptors (Lipinski definition) is 5. The summed E-state index contributed by atoms with van der Waals surface area (Å²) < 4.78 is 5.31. The van der Waals surface area contributed by atoms with Crippen LogP contribution in [0.1, 0.15) is 6.92 Å².